The molecule has 12 N–H and O–H groups in total. The van der Waals surface area contributed by atoms with E-state index in [1.54, 1.807) is 95.3 Å². The molecule has 0 spiro atoms. The molecule has 20 heteroatoms. The normalized spacial score (nSPS) is 15.2. The lowest BCUT2D eigenvalue weighted by Gasteiger charge is -2.29. The Labute approximate surface area is 405 Å². The van der Waals surface area contributed by atoms with Gasteiger partial charge in [0.2, 0.25) is 47.3 Å². The van der Waals surface area contributed by atoms with Gasteiger partial charge in [0, 0.05) is 12.8 Å². The molecule has 0 aromatic heterocycles. The Kier molecular flexibility index (Phi) is 25.1. The molecule has 0 saturated heterocycles. The molecular weight excluding hydrogens is 891 g/mol. The van der Waals surface area contributed by atoms with Crippen LogP contribution in [0.4, 0.5) is 0 Å². The average molecular weight is 966 g/mol. The third-order valence-corrected chi connectivity index (χ3v) is 11.2. The number of aliphatic hydroxyl groups excluding tert-OH is 1. The van der Waals surface area contributed by atoms with Gasteiger partial charge in [0.15, 0.2) is 0 Å². The predicted octanol–water partition coefficient (Wildman–Crippen LogP) is 0.200. The number of aliphatic carboxylic acids is 1. The van der Waals surface area contributed by atoms with E-state index in [1.165, 1.54) is 6.92 Å². The largest absolute Gasteiger partial charge is 0.480 e. The van der Waals surface area contributed by atoms with Crippen LogP contribution in [0.25, 0.3) is 0 Å². The Morgan fingerprint density at radius 1 is 0.507 bits per heavy atom. The summed E-state index contributed by atoms with van der Waals surface area (Å²) in [5, 5.41) is 41.0. The predicted molar refractivity (Wildman–Crippen MR) is 258 cm³/mol. The van der Waals surface area contributed by atoms with Gasteiger partial charge in [0.1, 0.15) is 42.3 Å². The van der Waals surface area contributed by atoms with E-state index in [0.29, 0.717) is 17.5 Å². The van der Waals surface area contributed by atoms with Crippen molar-refractivity contribution in [3.8, 4) is 0 Å². The summed E-state index contributed by atoms with van der Waals surface area (Å²) in [6.07, 6.45) is -0.763. The summed E-state index contributed by atoms with van der Waals surface area (Å²) in [6.45, 7) is 14.5. The van der Waals surface area contributed by atoms with Crippen LogP contribution in [0.5, 0.6) is 0 Å². The highest BCUT2D eigenvalue weighted by molar-refractivity contribution is 5.97. The van der Waals surface area contributed by atoms with Gasteiger partial charge in [-0.25, -0.2) is 4.79 Å². The van der Waals surface area contributed by atoms with Gasteiger partial charge in [-0.15, -0.1) is 0 Å². The van der Waals surface area contributed by atoms with Gasteiger partial charge in [-0.2, -0.15) is 0 Å². The Morgan fingerprint density at radius 3 is 1.39 bits per heavy atom. The Hall–Kier alpha value is -6.41. The number of carbonyl (C=O) groups is 9. The Morgan fingerprint density at radius 2 is 0.942 bits per heavy atom. The smallest absolute Gasteiger partial charge is 0.326 e. The molecule has 0 radical (unpaired) electrons. The monoisotopic (exact) mass is 966 g/mol. The topological polar surface area (TPSA) is 316 Å². The fraction of sp³-hybridized carbons (Fsp3) is 0.571. The highest BCUT2D eigenvalue weighted by Crippen LogP contribution is 2.13. The number of hydrogen-bond donors (Lipinski definition) is 11. The van der Waals surface area contributed by atoms with Crippen LogP contribution >= 0.6 is 0 Å². The highest BCUT2D eigenvalue weighted by Gasteiger charge is 2.36. The molecule has 9 atom stereocenters. The Balaban J connectivity index is 2.35. The number of carboxylic acids is 1. The number of carbonyl (C=O) groups excluding carboxylic acids is 8. The van der Waals surface area contributed by atoms with Crippen molar-refractivity contribution < 1.29 is 53.4 Å². The standard InChI is InChI=1S/C49H75N9O11/c1-10-30(8)41(56-38(60)25-50)47(66)53-34(21-27(2)3)43(62)51-26-39(61)52-35(23-32-17-13-11-14-18-32)44(63)57-40(29(6)7)46(65)54-36(24-33-19-15-12-16-20-33)45(64)58-42(31(9)59)48(67)55-37(49(68)69)22-28(4)5/h11-20,27-31,34-37,40-42,59H,10,21-26,50H2,1-9H3,(H,51,62)(H,52,61)(H,53,66)(H,54,65)(H,55,67)(H,56,60)(H,57,63)(H,58,64)(H,68,69)/t30-,31+,34-,35-,36-,37-,40-,41-,42-/m0/s1. The summed E-state index contributed by atoms with van der Waals surface area (Å²) in [5.74, 6) is -8.28. The zero-order chi connectivity index (χ0) is 52.0. The molecule has 2 aromatic carbocycles. The van der Waals surface area contributed by atoms with Crippen LogP contribution in [0.2, 0.25) is 0 Å². The average Bonchev–Trinajstić information content (AvgIpc) is 3.29. The number of amides is 8. The fourth-order valence-corrected chi connectivity index (χ4v) is 7.22. The highest BCUT2D eigenvalue weighted by atomic mass is 16.4. The molecule has 8 amide bonds. The summed E-state index contributed by atoms with van der Waals surface area (Å²) in [4.78, 5) is 120. The zero-order valence-electron chi connectivity index (χ0n) is 41.3. The van der Waals surface area contributed by atoms with Crippen molar-refractivity contribution in [2.24, 2.45) is 29.4 Å². The van der Waals surface area contributed by atoms with E-state index in [9.17, 15) is 53.4 Å². The fourth-order valence-electron chi connectivity index (χ4n) is 7.22. The molecule has 0 aliphatic carbocycles. The van der Waals surface area contributed by atoms with Gasteiger partial charge in [0.05, 0.1) is 19.2 Å². The minimum Gasteiger partial charge on any atom is -0.480 e. The maximum absolute atomic E-state index is 14.2. The van der Waals surface area contributed by atoms with Crippen LogP contribution in [-0.2, 0) is 56.0 Å². The van der Waals surface area contributed by atoms with Gasteiger partial charge < -0.3 is 58.5 Å². The van der Waals surface area contributed by atoms with Crippen molar-refractivity contribution in [2.45, 2.75) is 143 Å². The van der Waals surface area contributed by atoms with Crippen molar-refractivity contribution >= 4 is 53.2 Å². The lowest BCUT2D eigenvalue weighted by atomic mass is 9.96. The van der Waals surface area contributed by atoms with E-state index in [1.807, 2.05) is 20.8 Å². The van der Waals surface area contributed by atoms with Gasteiger partial charge in [0.25, 0.3) is 0 Å². The third kappa shape index (κ3) is 20.8. The number of benzene rings is 2. The summed E-state index contributed by atoms with van der Waals surface area (Å²) >= 11 is 0. The quantitative estimate of drug-likeness (QED) is 0.0521. The van der Waals surface area contributed by atoms with Crippen LogP contribution in [0.3, 0.4) is 0 Å². The first kappa shape index (κ1) is 58.7. The molecule has 0 unspecified atom stereocenters. The number of hydrogen-bond acceptors (Lipinski definition) is 11. The molecule has 0 fully saturated rings. The van der Waals surface area contributed by atoms with E-state index in [2.05, 4.69) is 42.5 Å². The molecule has 20 nitrogen and oxygen atoms in total. The second-order valence-electron chi connectivity index (χ2n) is 18.6. The van der Waals surface area contributed by atoms with Gasteiger partial charge in [-0.3, -0.25) is 38.4 Å². The number of nitrogens with two attached hydrogens (primary N) is 1. The minimum atomic E-state index is -1.60. The Bertz CT molecular complexity index is 2020. The molecule has 382 valence electrons. The lowest BCUT2D eigenvalue weighted by Crippen LogP contribution is -2.62. The molecule has 0 heterocycles. The summed E-state index contributed by atoms with van der Waals surface area (Å²) in [6, 6.07) is 8.49. The van der Waals surface area contributed by atoms with Crippen molar-refractivity contribution in [3.05, 3.63) is 71.8 Å². The summed E-state index contributed by atoms with van der Waals surface area (Å²) < 4.78 is 0. The van der Waals surface area contributed by atoms with Crippen LogP contribution in [0.15, 0.2) is 60.7 Å². The number of aliphatic hydroxyl groups is 1. The molecule has 0 saturated carbocycles. The first-order valence-corrected chi connectivity index (χ1v) is 23.5. The SMILES string of the molecule is CC[C@H](C)[C@H](NC(=O)CN)C(=O)N[C@@H](CC(C)C)C(=O)NCC(=O)N[C@@H](Cc1ccccc1)C(=O)N[C@H](C(=O)N[C@@H](Cc1ccccc1)C(=O)N[C@H](C(=O)N[C@@H](CC(C)C)C(=O)O)[C@@H](C)O)C(C)C. The minimum absolute atomic E-state index is 0.0297. The van der Waals surface area contributed by atoms with Crippen LogP contribution in [0.1, 0.15) is 92.7 Å². The maximum Gasteiger partial charge on any atom is 0.326 e. The van der Waals surface area contributed by atoms with Crippen LogP contribution in [-0.4, -0.2) is 125 Å². The third-order valence-electron chi connectivity index (χ3n) is 11.2. The molecule has 69 heavy (non-hydrogen) atoms. The number of carboxylic acid groups (broad SMARTS) is 1. The molecular formula is C49H75N9O11. The van der Waals surface area contributed by atoms with E-state index < -0.39 is 114 Å². The van der Waals surface area contributed by atoms with E-state index >= 15 is 0 Å². The van der Waals surface area contributed by atoms with E-state index in [-0.39, 0.29) is 50.0 Å². The first-order chi connectivity index (χ1) is 32.5. The molecule has 2 aromatic rings. The van der Waals surface area contributed by atoms with E-state index in [4.69, 9.17) is 5.73 Å². The second-order valence-corrected chi connectivity index (χ2v) is 18.6. The van der Waals surface area contributed by atoms with Gasteiger partial charge in [-0.05, 0) is 54.6 Å². The second kappa shape index (κ2) is 29.5. The first-order valence-electron chi connectivity index (χ1n) is 23.5. The lowest BCUT2D eigenvalue weighted by molar-refractivity contribution is -0.143. The zero-order valence-corrected chi connectivity index (χ0v) is 41.3. The van der Waals surface area contributed by atoms with Crippen molar-refractivity contribution in [2.75, 3.05) is 13.1 Å². The molecule has 0 aliphatic heterocycles. The van der Waals surface area contributed by atoms with Gasteiger partial charge >= 0.3 is 5.97 Å². The van der Waals surface area contributed by atoms with Gasteiger partial charge in [-0.1, -0.05) is 122 Å². The van der Waals surface area contributed by atoms with Crippen molar-refractivity contribution in [3.63, 3.8) is 0 Å². The number of rotatable bonds is 29. The van der Waals surface area contributed by atoms with Crippen LogP contribution in [0, 0.1) is 23.7 Å². The maximum atomic E-state index is 14.2. The van der Waals surface area contributed by atoms with Crippen molar-refractivity contribution in [1.82, 2.24) is 42.5 Å². The van der Waals surface area contributed by atoms with E-state index in [0.717, 1.165) is 0 Å². The molecule has 0 bridgehead atoms. The van der Waals surface area contributed by atoms with Crippen molar-refractivity contribution in [1.29, 1.82) is 0 Å². The molecule has 0 aliphatic rings. The summed E-state index contributed by atoms with van der Waals surface area (Å²) in [5.41, 5.74) is 6.73. The molecule has 2 rings (SSSR count). The number of nitrogens with one attached hydrogen (secondary N) is 8. The summed E-state index contributed by atoms with van der Waals surface area (Å²) in [7, 11) is 0. The van der Waals surface area contributed by atoms with Crippen LogP contribution < -0.4 is 48.3 Å².